The van der Waals surface area contributed by atoms with E-state index in [2.05, 4.69) is 5.43 Å². The van der Waals surface area contributed by atoms with Crippen LogP contribution in [-0.4, -0.2) is 39.6 Å². The molecule has 10 heteroatoms. The monoisotopic (exact) mass is 436 g/mol. The number of carbonyl (C=O) groups excluding carboxylic acids is 4. The maximum absolute atomic E-state index is 13.1. The van der Waals surface area contributed by atoms with Gasteiger partial charge in [0.25, 0.3) is 23.4 Å². The first-order chi connectivity index (χ1) is 15.2. The third-order valence-corrected chi connectivity index (χ3v) is 4.81. The molecular weight excluding hydrogens is 416 g/mol. The summed E-state index contributed by atoms with van der Waals surface area (Å²) in [5.41, 5.74) is 2.71. The van der Waals surface area contributed by atoms with Crippen LogP contribution >= 0.6 is 0 Å². The van der Waals surface area contributed by atoms with Gasteiger partial charge in [-0.05, 0) is 37.6 Å². The number of rotatable bonds is 5. The molecule has 1 fully saturated rings. The number of nitrogens with zero attached hydrogens (tertiary/aromatic N) is 3. The molecule has 0 bridgehead atoms. The van der Waals surface area contributed by atoms with E-state index in [1.807, 2.05) is 0 Å². The highest BCUT2D eigenvalue weighted by molar-refractivity contribution is 6.23. The lowest BCUT2D eigenvalue weighted by atomic mass is 10.1. The average molecular weight is 436 g/mol. The van der Waals surface area contributed by atoms with E-state index in [0.29, 0.717) is 5.69 Å². The molecule has 3 rings (SSSR count). The van der Waals surface area contributed by atoms with Crippen LogP contribution in [0.4, 0.5) is 11.4 Å². The van der Waals surface area contributed by atoms with Gasteiger partial charge in [0, 0.05) is 12.1 Å². The second-order valence-corrected chi connectivity index (χ2v) is 7.05. The second kappa shape index (κ2) is 9.21. The van der Waals surface area contributed by atoms with Crippen LogP contribution in [0.5, 0.6) is 0 Å². The van der Waals surface area contributed by atoms with E-state index in [9.17, 15) is 29.3 Å². The molecule has 1 N–H and O–H groups in total. The van der Waals surface area contributed by atoms with Gasteiger partial charge >= 0.3 is 0 Å². The lowest BCUT2D eigenvalue weighted by Gasteiger charge is -2.26. The molecule has 0 radical (unpaired) electrons. The zero-order chi connectivity index (χ0) is 23.4. The van der Waals surface area contributed by atoms with Gasteiger partial charge in [-0.2, -0.15) is 0 Å². The van der Waals surface area contributed by atoms with E-state index in [1.165, 1.54) is 24.3 Å². The molecule has 1 heterocycles. The van der Waals surface area contributed by atoms with E-state index in [0.717, 1.165) is 27.6 Å². The van der Waals surface area contributed by atoms with Crippen molar-refractivity contribution in [3.63, 3.8) is 0 Å². The Labute approximate surface area is 183 Å². The van der Waals surface area contributed by atoms with E-state index >= 15 is 0 Å². The number of benzene rings is 2. The molecule has 1 saturated heterocycles. The van der Waals surface area contributed by atoms with Crippen molar-refractivity contribution in [3.8, 4) is 0 Å². The lowest BCUT2D eigenvalue weighted by molar-refractivity contribution is -0.385. The first-order valence-electron chi connectivity index (χ1n) is 9.68. The third-order valence-electron chi connectivity index (χ3n) is 4.81. The largest absolute Gasteiger partial charge is 0.282 e. The van der Waals surface area contributed by atoms with E-state index in [4.69, 9.17) is 0 Å². The molecule has 10 nitrogen and oxygen atoms in total. The molecule has 32 heavy (non-hydrogen) atoms. The normalized spacial score (nSPS) is 15.8. The maximum atomic E-state index is 13.1. The number of amides is 4. The summed E-state index contributed by atoms with van der Waals surface area (Å²) < 4.78 is 0. The molecule has 0 aliphatic carbocycles. The Morgan fingerprint density at radius 1 is 1.19 bits per heavy atom. The summed E-state index contributed by atoms with van der Waals surface area (Å²) in [7, 11) is 0. The van der Waals surface area contributed by atoms with E-state index in [1.54, 1.807) is 38.1 Å². The number of hydrazine groups is 1. The number of hydrogen-bond acceptors (Lipinski definition) is 6. The summed E-state index contributed by atoms with van der Waals surface area (Å²) in [5.74, 6) is -2.94. The minimum absolute atomic E-state index is 0.289. The Morgan fingerprint density at radius 3 is 2.56 bits per heavy atom. The van der Waals surface area contributed by atoms with Crippen LogP contribution in [0.15, 0.2) is 60.7 Å². The van der Waals surface area contributed by atoms with E-state index in [-0.39, 0.29) is 12.0 Å². The second-order valence-electron chi connectivity index (χ2n) is 7.05. The Kier molecular flexibility index (Phi) is 6.43. The molecule has 2 aromatic carbocycles. The molecule has 2 aromatic rings. The van der Waals surface area contributed by atoms with Crippen LogP contribution in [0, 0.1) is 17.0 Å². The summed E-state index contributed by atoms with van der Waals surface area (Å²) in [4.78, 5) is 62.7. The Morgan fingerprint density at radius 2 is 1.91 bits per heavy atom. The molecule has 0 spiro atoms. The third kappa shape index (κ3) is 4.38. The number of imide groups is 1. The number of carbonyl (C=O) groups is 4. The molecule has 164 valence electrons. The number of allylic oxidation sites excluding steroid dienone is 1. The first-order valence-corrected chi connectivity index (χ1v) is 9.68. The van der Waals surface area contributed by atoms with Gasteiger partial charge in [0.15, 0.2) is 0 Å². The number of aryl methyl sites for hydroxylation is 1. The molecule has 0 saturated carbocycles. The molecular formula is C22H20N4O6. The van der Waals surface area contributed by atoms with Crippen molar-refractivity contribution < 1.29 is 24.1 Å². The number of nitro benzene ring substituents is 1. The fourth-order valence-corrected chi connectivity index (χ4v) is 3.36. The Hall–Kier alpha value is -4.34. The fourth-order valence-electron chi connectivity index (χ4n) is 3.36. The van der Waals surface area contributed by atoms with Gasteiger partial charge in [-0.1, -0.05) is 30.3 Å². The molecule has 1 atom stereocenters. The Bertz CT molecular complexity index is 1140. The van der Waals surface area contributed by atoms with Crippen molar-refractivity contribution in [1.29, 1.82) is 0 Å². The van der Waals surface area contributed by atoms with E-state index < -0.39 is 40.3 Å². The number of nitro groups is 1. The highest BCUT2D eigenvalue weighted by Gasteiger charge is 2.45. The summed E-state index contributed by atoms with van der Waals surface area (Å²) in [6.45, 7) is 3.38. The first kappa shape index (κ1) is 22.3. The van der Waals surface area contributed by atoms with Gasteiger partial charge in [-0.15, -0.1) is 0 Å². The van der Waals surface area contributed by atoms with Crippen molar-refractivity contribution >= 4 is 35.0 Å². The zero-order valence-electron chi connectivity index (χ0n) is 17.3. The maximum Gasteiger partial charge on any atom is 0.282 e. The van der Waals surface area contributed by atoms with Gasteiger partial charge < -0.3 is 0 Å². The predicted octanol–water partition coefficient (Wildman–Crippen LogP) is 2.28. The summed E-state index contributed by atoms with van der Waals surface area (Å²) in [6.07, 6.45) is 2.17. The molecule has 0 aromatic heterocycles. The zero-order valence-corrected chi connectivity index (χ0v) is 17.3. The highest BCUT2D eigenvalue weighted by Crippen LogP contribution is 2.26. The fraction of sp³-hybridized carbons (Fsp3) is 0.182. The van der Waals surface area contributed by atoms with Crippen molar-refractivity contribution in [2.45, 2.75) is 26.3 Å². The minimum Gasteiger partial charge on any atom is -0.274 e. The van der Waals surface area contributed by atoms with Crippen LogP contribution in [0.25, 0.3) is 0 Å². The topological polar surface area (TPSA) is 130 Å². The van der Waals surface area contributed by atoms with Gasteiger partial charge in [-0.25, -0.2) is 9.91 Å². The molecule has 1 aliphatic heterocycles. The summed E-state index contributed by atoms with van der Waals surface area (Å²) in [6, 6.07) is 10.7. The molecule has 1 unspecified atom stereocenters. The average Bonchev–Trinajstić information content (AvgIpc) is 3.05. The minimum atomic E-state index is -1.31. The highest BCUT2D eigenvalue weighted by atomic mass is 16.6. The quantitative estimate of drug-likeness (QED) is 0.331. The summed E-state index contributed by atoms with van der Waals surface area (Å²) >= 11 is 0. The molecule has 1 aliphatic rings. The van der Waals surface area contributed by atoms with Gasteiger partial charge in [0.1, 0.15) is 11.6 Å². The molecule has 4 amide bonds. The van der Waals surface area contributed by atoms with Crippen LogP contribution < -0.4 is 10.3 Å². The van der Waals surface area contributed by atoms with Crippen molar-refractivity contribution in [1.82, 2.24) is 10.4 Å². The SMILES string of the molecule is CC=CC(=O)N(NC(=O)c1ccccc1[N+](=O)[O-])C1CC(=O)N(c2cccc(C)c2)C1=O. The van der Waals surface area contributed by atoms with Crippen LogP contribution in [0.2, 0.25) is 0 Å². The van der Waals surface area contributed by atoms with Crippen LogP contribution in [-0.2, 0) is 14.4 Å². The van der Waals surface area contributed by atoms with Crippen LogP contribution in [0.3, 0.4) is 0 Å². The smallest absolute Gasteiger partial charge is 0.274 e. The number of anilines is 1. The number of para-hydroxylation sites is 1. The van der Waals surface area contributed by atoms with Crippen molar-refractivity contribution in [2.75, 3.05) is 4.90 Å². The van der Waals surface area contributed by atoms with Gasteiger partial charge in [0.2, 0.25) is 5.91 Å². The van der Waals surface area contributed by atoms with Gasteiger partial charge in [-0.3, -0.25) is 34.7 Å². The van der Waals surface area contributed by atoms with Gasteiger partial charge in [0.05, 0.1) is 17.0 Å². The lowest BCUT2D eigenvalue weighted by Crippen LogP contribution is -2.54. The van der Waals surface area contributed by atoms with Crippen LogP contribution in [0.1, 0.15) is 29.3 Å². The van der Waals surface area contributed by atoms with Crippen molar-refractivity contribution in [3.05, 3.63) is 81.9 Å². The predicted molar refractivity (Wildman–Crippen MR) is 114 cm³/mol. The Balaban J connectivity index is 1.94. The number of hydrogen-bond donors (Lipinski definition) is 1. The number of nitrogens with one attached hydrogen (secondary N) is 1. The standard InChI is InChI=1S/C22H20N4O6/c1-3-7-19(27)25(23-21(29)16-10-4-5-11-17(16)26(31)32)18-13-20(28)24(22(18)30)15-9-6-8-14(2)12-15/h3-12,18H,13H2,1-2H3,(H,23,29). The van der Waals surface area contributed by atoms with Crippen molar-refractivity contribution in [2.24, 2.45) is 0 Å². The summed E-state index contributed by atoms with van der Waals surface area (Å²) in [5, 5.41) is 12.0.